The summed E-state index contributed by atoms with van der Waals surface area (Å²) in [7, 11) is -4.18. The van der Waals surface area contributed by atoms with E-state index in [1.54, 1.807) is 19.1 Å². The maximum absolute atomic E-state index is 11.2. The summed E-state index contributed by atoms with van der Waals surface area (Å²) in [5, 5.41) is 0. The van der Waals surface area contributed by atoms with E-state index in [1.165, 1.54) is 0 Å². The number of anilines is 1. The summed E-state index contributed by atoms with van der Waals surface area (Å²) in [4.78, 5) is 0. The van der Waals surface area contributed by atoms with E-state index in [2.05, 4.69) is 0 Å². The molecule has 1 aromatic carbocycles. The second-order valence-corrected chi connectivity index (χ2v) is 4.86. The van der Waals surface area contributed by atoms with Crippen LogP contribution in [-0.4, -0.2) is 19.5 Å². The molecule has 5 heteroatoms. The summed E-state index contributed by atoms with van der Waals surface area (Å²) in [6.07, 6.45) is 1.72. The zero-order valence-corrected chi connectivity index (χ0v) is 10.4. The van der Waals surface area contributed by atoms with Gasteiger partial charge in [-0.2, -0.15) is 8.42 Å². The van der Waals surface area contributed by atoms with Crippen LogP contribution in [-0.2, 0) is 16.7 Å². The number of benzene rings is 1. The number of aryl methyl sites for hydroxylation is 1. The van der Waals surface area contributed by atoms with Crippen molar-refractivity contribution in [3.05, 3.63) is 29.8 Å². The van der Waals surface area contributed by atoms with Crippen molar-refractivity contribution < 1.29 is 13.0 Å². The van der Waals surface area contributed by atoms with E-state index in [1.807, 2.05) is 19.1 Å². The molecule has 0 bridgehead atoms. The van der Waals surface area contributed by atoms with Crippen LogP contribution in [0.25, 0.3) is 0 Å². The average molecular weight is 243 g/mol. The second kappa shape index (κ2) is 5.32. The number of nitrogens with zero attached hydrogens (tertiary/aromatic N) is 1. The fourth-order valence-corrected chi connectivity index (χ4v) is 2.45. The molecule has 0 aliphatic heterocycles. The highest BCUT2D eigenvalue weighted by Crippen LogP contribution is 2.23. The van der Waals surface area contributed by atoms with Gasteiger partial charge in [-0.25, -0.2) is 4.31 Å². The van der Waals surface area contributed by atoms with E-state index >= 15 is 0 Å². The van der Waals surface area contributed by atoms with Gasteiger partial charge in [-0.05, 0) is 25.0 Å². The van der Waals surface area contributed by atoms with E-state index in [-0.39, 0.29) is 6.54 Å². The van der Waals surface area contributed by atoms with E-state index in [4.69, 9.17) is 4.55 Å². The van der Waals surface area contributed by atoms with Crippen LogP contribution in [0.3, 0.4) is 0 Å². The Kier molecular flexibility index (Phi) is 4.32. The third kappa shape index (κ3) is 2.96. The van der Waals surface area contributed by atoms with Crippen molar-refractivity contribution in [3.8, 4) is 0 Å². The smallest absolute Gasteiger partial charge is 0.269 e. The highest BCUT2D eigenvalue weighted by molar-refractivity contribution is 7.87. The molecule has 0 heterocycles. The summed E-state index contributed by atoms with van der Waals surface area (Å²) < 4.78 is 32.5. The largest absolute Gasteiger partial charge is 0.359 e. The maximum atomic E-state index is 11.2. The molecule has 0 unspecified atom stereocenters. The highest BCUT2D eigenvalue weighted by Gasteiger charge is 2.19. The molecule has 0 atom stereocenters. The van der Waals surface area contributed by atoms with E-state index < -0.39 is 10.3 Å². The number of hydrogen-bond acceptors (Lipinski definition) is 2. The fourth-order valence-electron chi connectivity index (χ4n) is 1.69. The van der Waals surface area contributed by atoms with Crippen LogP contribution in [0.15, 0.2) is 24.3 Å². The van der Waals surface area contributed by atoms with Crippen molar-refractivity contribution >= 4 is 16.0 Å². The molecule has 0 radical (unpaired) electrons. The molecule has 1 aromatic rings. The van der Waals surface area contributed by atoms with Crippen LogP contribution in [0, 0.1) is 0 Å². The zero-order valence-electron chi connectivity index (χ0n) is 9.55. The van der Waals surface area contributed by atoms with E-state index in [0.29, 0.717) is 5.69 Å². The van der Waals surface area contributed by atoms with Crippen LogP contribution in [0.5, 0.6) is 0 Å². The van der Waals surface area contributed by atoms with Gasteiger partial charge in [0, 0.05) is 6.54 Å². The molecule has 4 nitrogen and oxygen atoms in total. The summed E-state index contributed by atoms with van der Waals surface area (Å²) in [5.74, 6) is 0. The van der Waals surface area contributed by atoms with Crippen molar-refractivity contribution in [1.82, 2.24) is 0 Å². The predicted octanol–water partition coefficient (Wildman–Crippen LogP) is 2.27. The van der Waals surface area contributed by atoms with Crippen LogP contribution in [0.2, 0.25) is 0 Å². The Morgan fingerprint density at radius 3 is 2.38 bits per heavy atom. The average Bonchev–Trinajstić information content (AvgIpc) is 2.20. The molecule has 1 rings (SSSR count). The van der Waals surface area contributed by atoms with E-state index in [0.717, 1.165) is 22.7 Å². The molecule has 90 valence electrons. The van der Waals surface area contributed by atoms with Gasteiger partial charge in [0.25, 0.3) is 0 Å². The molecule has 1 N–H and O–H groups in total. The summed E-state index contributed by atoms with van der Waals surface area (Å²) in [6.45, 7) is 3.94. The first kappa shape index (κ1) is 13.0. The Balaban J connectivity index is 3.19. The van der Waals surface area contributed by atoms with Crippen LogP contribution in [0.1, 0.15) is 25.8 Å². The zero-order chi connectivity index (χ0) is 12.2. The molecule has 0 spiro atoms. The summed E-state index contributed by atoms with van der Waals surface area (Å²) in [6, 6.07) is 7.23. The topological polar surface area (TPSA) is 57.6 Å². The third-order valence-electron chi connectivity index (χ3n) is 2.35. The van der Waals surface area contributed by atoms with Gasteiger partial charge in [-0.1, -0.05) is 31.5 Å². The minimum absolute atomic E-state index is 0.222. The normalized spacial score (nSPS) is 11.4. The maximum Gasteiger partial charge on any atom is 0.359 e. The highest BCUT2D eigenvalue weighted by atomic mass is 32.2. The van der Waals surface area contributed by atoms with Gasteiger partial charge in [-0.15, -0.1) is 0 Å². The molecule has 0 aliphatic carbocycles. The Hall–Kier alpha value is -1.07. The molecule has 0 aliphatic rings. The molecular formula is C11H17NO3S. The molecular weight excluding hydrogens is 226 g/mol. The van der Waals surface area contributed by atoms with Crippen LogP contribution in [0.4, 0.5) is 5.69 Å². The number of para-hydroxylation sites is 1. The minimum Gasteiger partial charge on any atom is -0.269 e. The van der Waals surface area contributed by atoms with Crippen molar-refractivity contribution in [1.29, 1.82) is 0 Å². The summed E-state index contributed by atoms with van der Waals surface area (Å²) in [5.41, 5.74) is 1.50. The van der Waals surface area contributed by atoms with Gasteiger partial charge in [0.15, 0.2) is 0 Å². The van der Waals surface area contributed by atoms with Gasteiger partial charge >= 0.3 is 10.3 Å². The van der Waals surface area contributed by atoms with Crippen molar-refractivity contribution in [2.24, 2.45) is 0 Å². The number of hydrogen-bond donors (Lipinski definition) is 1. The standard InChI is InChI=1S/C11H17NO3S/c1-3-7-10-8-5-6-9-11(10)12(4-2)16(13,14)15/h5-6,8-9H,3-4,7H2,1-2H3,(H,13,14,15). The Labute approximate surface area is 96.8 Å². The third-order valence-corrected chi connectivity index (χ3v) is 3.36. The lowest BCUT2D eigenvalue weighted by Crippen LogP contribution is -2.30. The molecule has 0 fully saturated rings. The van der Waals surface area contributed by atoms with Gasteiger partial charge in [0.2, 0.25) is 0 Å². The first-order chi connectivity index (χ1) is 7.50. The lowest BCUT2D eigenvalue weighted by Gasteiger charge is -2.21. The first-order valence-electron chi connectivity index (χ1n) is 5.33. The van der Waals surface area contributed by atoms with Crippen molar-refractivity contribution in [3.63, 3.8) is 0 Å². The van der Waals surface area contributed by atoms with Gasteiger partial charge in [-0.3, -0.25) is 4.55 Å². The van der Waals surface area contributed by atoms with Gasteiger partial charge in [0.1, 0.15) is 0 Å². The van der Waals surface area contributed by atoms with Gasteiger partial charge in [0.05, 0.1) is 5.69 Å². The van der Waals surface area contributed by atoms with Crippen LogP contribution >= 0.6 is 0 Å². The Morgan fingerprint density at radius 1 is 1.25 bits per heavy atom. The molecule has 0 saturated heterocycles. The van der Waals surface area contributed by atoms with Gasteiger partial charge < -0.3 is 0 Å². The predicted molar refractivity (Wildman–Crippen MR) is 65.0 cm³/mol. The molecule has 0 amide bonds. The summed E-state index contributed by atoms with van der Waals surface area (Å²) >= 11 is 0. The minimum atomic E-state index is -4.18. The van der Waals surface area contributed by atoms with E-state index in [9.17, 15) is 8.42 Å². The van der Waals surface area contributed by atoms with Crippen molar-refractivity contribution in [2.75, 3.05) is 10.8 Å². The molecule has 16 heavy (non-hydrogen) atoms. The molecule has 0 saturated carbocycles. The Bertz CT molecular complexity index is 442. The second-order valence-electron chi connectivity index (χ2n) is 3.52. The first-order valence-corrected chi connectivity index (χ1v) is 6.73. The number of rotatable bonds is 5. The monoisotopic (exact) mass is 243 g/mol. The van der Waals surface area contributed by atoms with Crippen LogP contribution < -0.4 is 4.31 Å². The molecule has 0 aromatic heterocycles. The SMILES string of the molecule is CCCc1ccccc1N(CC)S(=O)(=O)O. The quantitative estimate of drug-likeness (QED) is 0.807. The lowest BCUT2D eigenvalue weighted by molar-refractivity contribution is 0.478. The fraction of sp³-hybridized carbons (Fsp3) is 0.455. The van der Waals surface area contributed by atoms with Crippen molar-refractivity contribution in [2.45, 2.75) is 26.7 Å². The lowest BCUT2D eigenvalue weighted by atomic mass is 10.1. The Morgan fingerprint density at radius 2 is 1.88 bits per heavy atom.